The molecule has 4 amide bonds. The molecule has 0 saturated heterocycles. The molecular formula is C28H48N4O8. The highest BCUT2D eigenvalue weighted by molar-refractivity contribution is 5.95. The maximum absolute atomic E-state index is 13.3. The smallest absolute Gasteiger partial charge is 0.408 e. The summed E-state index contributed by atoms with van der Waals surface area (Å²) in [5.41, 5.74) is -0.794. The van der Waals surface area contributed by atoms with Crippen LogP contribution in [0.4, 0.5) is 4.79 Å². The van der Waals surface area contributed by atoms with Gasteiger partial charge in [-0.25, -0.2) is 9.59 Å². The Bertz CT molecular complexity index is 882. The zero-order valence-electron chi connectivity index (χ0n) is 25.1. The van der Waals surface area contributed by atoms with Gasteiger partial charge in [-0.15, -0.1) is 13.2 Å². The van der Waals surface area contributed by atoms with Gasteiger partial charge in [-0.05, 0) is 45.4 Å². The van der Waals surface area contributed by atoms with E-state index >= 15 is 0 Å². The minimum absolute atomic E-state index is 0.0172. The summed E-state index contributed by atoms with van der Waals surface area (Å²) in [5.74, 6) is -2.86. The second-order valence-electron chi connectivity index (χ2n) is 11.1. The molecule has 12 nitrogen and oxygen atoms in total. The number of carbonyl (C=O) groups is 5. The summed E-state index contributed by atoms with van der Waals surface area (Å²) in [4.78, 5) is 64.0. The van der Waals surface area contributed by atoms with Crippen molar-refractivity contribution in [2.45, 2.75) is 91.1 Å². The van der Waals surface area contributed by atoms with Crippen LogP contribution in [-0.4, -0.2) is 79.9 Å². The molecule has 40 heavy (non-hydrogen) atoms. The summed E-state index contributed by atoms with van der Waals surface area (Å²) in [6.45, 7) is 19.4. The number of methoxy groups -OCH3 is 1. The normalized spacial score (nSPS) is 14.2. The fourth-order valence-electron chi connectivity index (χ4n) is 3.45. The van der Waals surface area contributed by atoms with E-state index < -0.39 is 59.6 Å². The van der Waals surface area contributed by atoms with E-state index in [4.69, 9.17) is 14.2 Å². The molecule has 4 N–H and O–H groups in total. The van der Waals surface area contributed by atoms with E-state index in [1.807, 2.05) is 13.8 Å². The fourth-order valence-corrected chi connectivity index (χ4v) is 3.45. The molecule has 0 spiro atoms. The number of nitrogens with one attached hydrogen (secondary N) is 4. The van der Waals surface area contributed by atoms with Crippen molar-refractivity contribution in [1.82, 2.24) is 21.3 Å². The standard InChI is InChI=1S/C28H48N4O8/c1-11-13-19(26(36)38-10)29-23(33)20(15-17(3)4)30-25(35)22(18(5)6)32-24(34)21(16-39-14-12-2)31-27(37)40-28(7,8)9/h11-12,17-22H,1-2,13-16H2,3-10H3,(H,29,33)(H,30,35)(H,31,37)(H,32,34)/t19-,20+,21+,22+/m1/s1. The van der Waals surface area contributed by atoms with E-state index in [1.165, 1.54) is 19.3 Å². The Kier molecular flexibility index (Phi) is 16.5. The third-order valence-electron chi connectivity index (χ3n) is 5.32. The molecule has 0 unspecified atom stereocenters. The molecule has 0 heterocycles. The van der Waals surface area contributed by atoms with Crippen LogP contribution in [0, 0.1) is 11.8 Å². The average Bonchev–Trinajstić information content (AvgIpc) is 2.83. The second kappa shape index (κ2) is 18.0. The van der Waals surface area contributed by atoms with E-state index in [9.17, 15) is 24.0 Å². The highest BCUT2D eigenvalue weighted by Crippen LogP contribution is 2.10. The van der Waals surface area contributed by atoms with Crippen LogP contribution in [0.1, 0.15) is 61.3 Å². The molecule has 12 heteroatoms. The number of rotatable bonds is 17. The van der Waals surface area contributed by atoms with Gasteiger partial charge in [0.25, 0.3) is 0 Å². The van der Waals surface area contributed by atoms with Crippen molar-refractivity contribution in [1.29, 1.82) is 0 Å². The molecule has 0 saturated carbocycles. The van der Waals surface area contributed by atoms with E-state index in [2.05, 4.69) is 34.4 Å². The van der Waals surface area contributed by atoms with Crippen LogP contribution in [0.5, 0.6) is 0 Å². The number of esters is 1. The van der Waals surface area contributed by atoms with Gasteiger partial charge in [0.05, 0.1) is 20.3 Å². The lowest BCUT2D eigenvalue weighted by Gasteiger charge is -2.28. The molecule has 0 aliphatic rings. The molecule has 0 aliphatic carbocycles. The molecule has 0 rings (SSSR count). The van der Waals surface area contributed by atoms with Gasteiger partial charge in [-0.2, -0.15) is 0 Å². The first kappa shape index (κ1) is 36.6. The van der Waals surface area contributed by atoms with Crippen molar-refractivity contribution in [3.63, 3.8) is 0 Å². The summed E-state index contributed by atoms with van der Waals surface area (Å²) < 4.78 is 15.4. The first-order chi connectivity index (χ1) is 18.6. The zero-order chi connectivity index (χ0) is 31.0. The summed E-state index contributed by atoms with van der Waals surface area (Å²) in [6, 6.07) is -4.17. The average molecular weight is 569 g/mol. The van der Waals surface area contributed by atoms with Crippen LogP contribution in [-0.2, 0) is 33.4 Å². The first-order valence-electron chi connectivity index (χ1n) is 13.3. The van der Waals surface area contributed by atoms with Gasteiger partial charge in [0.15, 0.2) is 0 Å². The second-order valence-corrected chi connectivity index (χ2v) is 11.1. The maximum atomic E-state index is 13.3. The molecule has 0 aromatic carbocycles. The molecule has 0 aliphatic heterocycles. The van der Waals surface area contributed by atoms with E-state index in [-0.39, 0.29) is 37.9 Å². The topological polar surface area (TPSA) is 161 Å². The van der Waals surface area contributed by atoms with Crippen molar-refractivity contribution >= 4 is 29.8 Å². The monoisotopic (exact) mass is 568 g/mol. The predicted molar refractivity (Wildman–Crippen MR) is 151 cm³/mol. The lowest BCUT2D eigenvalue weighted by molar-refractivity contribution is -0.145. The Labute approximate surface area is 238 Å². The number of carbonyl (C=O) groups excluding carboxylic acids is 5. The highest BCUT2D eigenvalue weighted by atomic mass is 16.6. The SMILES string of the molecule is C=CCOC[C@H](NC(=O)OC(C)(C)C)C(=O)N[C@H](C(=O)N[C@@H](CC(C)C)C(=O)N[C@H](CC=C)C(=O)OC)C(C)C. The number of amides is 4. The van der Waals surface area contributed by atoms with Crippen molar-refractivity contribution < 1.29 is 38.2 Å². The van der Waals surface area contributed by atoms with E-state index in [0.29, 0.717) is 0 Å². The molecule has 228 valence electrons. The quantitative estimate of drug-likeness (QED) is 0.118. The van der Waals surface area contributed by atoms with Crippen molar-refractivity contribution in [3.8, 4) is 0 Å². The van der Waals surface area contributed by atoms with E-state index in [1.54, 1.807) is 34.6 Å². The van der Waals surface area contributed by atoms with Crippen LogP contribution in [0.2, 0.25) is 0 Å². The first-order valence-corrected chi connectivity index (χ1v) is 13.3. The molecule has 0 fully saturated rings. The van der Waals surface area contributed by atoms with Crippen LogP contribution in [0.25, 0.3) is 0 Å². The van der Waals surface area contributed by atoms with Crippen LogP contribution in [0.15, 0.2) is 25.3 Å². The van der Waals surface area contributed by atoms with Gasteiger partial charge in [-0.1, -0.05) is 39.8 Å². The molecule has 0 radical (unpaired) electrons. The molecule has 0 bridgehead atoms. The van der Waals surface area contributed by atoms with Gasteiger partial charge < -0.3 is 35.5 Å². The number of ether oxygens (including phenoxy) is 3. The molecule has 0 aromatic rings. The Morgan fingerprint density at radius 3 is 1.85 bits per heavy atom. The summed E-state index contributed by atoms with van der Waals surface area (Å²) in [6.07, 6.45) is 2.56. The third kappa shape index (κ3) is 14.7. The highest BCUT2D eigenvalue weighted by Gasteiger charge is 2.33. The van der Waals surface area contributed by atoms with E-state index in [0.717, 1.165) is 0 Å². The van der Waals surface area contributed by atoms with Gasteiger partial charge in [0.1, 0.15) is 29.8 Å². The van der Waals surface area contributed by atoms with Gasteiger partial charge in [-0.3, -0.25) is 14.4 Å². The number of alkyl carbamates (subject to hydrolysis) is 1. The Morgan fingerprint density at radius 2 is 1.38 bits per heavy atom. The van der Waals surface area contributed by atoms with Gasteiger partial charge in [0.2, 0.25) is 17.7 Å². The fraction of sp³-hybridized carbons (Fsp3) is 0.679. The molecule has 4 atom stereocenters. The minimum atomic E-state index is -1.17. The number of hydrogen-bond donors (Lipinski definition) is 4. The number of hydrogen-bond acceptors (Lipinski definition) is 8. The van der Waals surface area contributed by atoms with Gasteiger partial charge >= 0.3 is 12.1 Å². The minimum Gasteiger partial charge on any atom is -0.467 e. The molecular weight excluding hydrogens is 520 g/mol. The van der Waals surface area contributed by atoms with Crippen molar-refractivity contribution in [3.05, 3.63) is 25.3 Å². The lowest BCUT2D eigenvalue weighted by Crippen LogP contribution is -2.60. The summed E-state index contributed by atoms with van der Waals surface area (Å²) in [5, 5.41) is 10.4. The van der Waals surface area contributed by atoms with Crippen molar-refractivity contribution in [2.75, 3.05) is 20.3 Å². The predicted octanol–water partition coefficient (Wildman–Crippen LogP) is 1.99. The van der Waals surface area contributed by atoms with Crippen LogP contribution < -0.4 is 21.3 Å². The third-order valence-corrected chi connectivity index (χ3v) is 5.32. The molecule has 0 aromatic heterocycles. The van der Waals surface area contributed by atoms with Gasteiger partial charge in [0, 0.05) is 0 Å². The Balaban J connectivity index is 5.77. The Hall–Kier alpha value is -3.41. The maximum Gasteiger partial charge on any atom is 0.408 e. The van der Waals surface area contributed by atoms with Crippen LogP contribution >= 0.6 is 0 Å². The van der Waals surface area contributed by atoms with Crippen LogP contribution in [0.3, 0.4) is 0 Å². The summed E-state index contributed by atoms with van der Waals surface area (Å²) >= 11 is 0. The Morgan fingerprint density at radius 1 is 0.800 bits per heavy atom. The largest absolute Gasteiger partial charge is 0.467 e. The lowest BCUT2D eigenvalue weighted by atomic mass is 9.99. The summed E-state index contributed by atoms with van der Waals surface area (Å²) in [7, 11) is 1.21. The zero-order valence-corrected chi connectivity index (χ0v) is 25.1. The van der Waals surface area contributed by atoms with Crippen molar-refractivity contribution in [2.24, 2.45) is 11.8 Å².